The molecule has 0 unspecified atom stereocenters. The van der Waals surface area contributed by atoms with E-state index >= 15 is 0 Å². The molecule has 0 heterocycles. The molecule has 0 aromatic rings. The van der Waals surface area contributed by atoms with E-state index in [0.29, 0.717) is 19.3 Å². The molecule has 0 aromatic carbocycles. The van der Waals surface area contributed by atoms with Gasteiger partial charge in [0.1, 0.15) is 0 Å². The summed E-state index contributed by atoms with van der Waals surface area (Å²) in [7, 11) is 0. The molecule has 3 nitrogen and oxygen atoms in total. The van der Waals surface area contributed by atoms with Gasteiger partial charge in [-0.1, -0.05) is 30.1 Å². The summed E-state index contributed by atoms with van der Waals surface area (Å²) in [5.41, 5.74) is 0. The van der Waals surface area contributed by atoms with Gasteiger partial charge < -0.3 is 10.2 Å². The van der Waals surface area contributed by atoms with Crippen molar-refractivity contribution in [1.29, 1.82) is 0 Å². The third-order valence-electron chi connectivity index (χ3n) is 2.00. The van der Waals surface area contributed by atoms with Crippen LogP contribution in [-0.4, -0.2) is 22.3 Å². The van der Waals surface area contributed by atoms with Gasteiger partial charge in [-0.2, -0.15) is 0 Å². The van der Waals surface area contributed by atoms with E-state index in [-0.39, 0.29) is 6.42 Å². The maximum absolute atomic E-state index is 10.2. The molecule has 0 aliphatic heterocycles. The van der Waals surface area contributed by atoms with Gasteiger partial charge in [-0.05, 0) is 18.9 Å². The molecule has 18 heavy (non-hydrogen) atoms. The van der Waals surface area contributed by atoms with Crippen molar-refractivity contribution in [2.24, 2.45) is 0 Å². The van der Waals surface area contributed by atoms with Crippen LogP contribution < -0.4 is 0 Å². The molecule has 0 saturated carbocycles. The Labute approximate surface area is 108 Å². The summed E-state index contributed by atoms with van der Waals surface area (Å²) in [4.78, 5) is 10.2. The molecule has 0 aromatic heterocycles. The highest BCUT2D eigenvalue weighted by molar-refractivity contribution is 5.66. The zero-order valence-electron chi connectivity index (χ0n) is 10.3. The monoisotopic (exact) mass is 246 g/mol. The van der Waals surface area contributed by atoms with Crippen molar-refractivity contribution in [3.8, 4) is 24.2 Å². The number of unbranched alkanes of at least 4 members (excludes halogenated alkanes) is 2. The van der Waals surface area contributed by atoms with Crippen molar-refractivity contribution in [3.05, 3.63) is 24.3 Å². The highest BCUT2D eigenvalue weighted by Crippen LogP contribution is 1.98. The predicted molar refractivity (Wildman–Crippen MR) is 71.6 cm³/mol. The molecule has 3 heteroatoms. The first-order valence-electron chi connectivity index (χ1n) is 5.82. The van der Waals surface area contributed by atoms with Crippen LogP contribution in [0.15, 0.2) is 24.3 Å². The van der Waals surface area contributed by atoms with Crippen LogP contribution in [-0.2, 0) is 4.79 Å². The minimum atomic E-state index is -0.765. The Morgan fingerprint density at radius 1 is 1.33 bits per heavy atom. The Hall–Kier alpha value is -1.97. The first-order chi connectivity index (χ1) is 8.66. The van der Waals surface area contributed by atoms with Gasteiger partial charge in [0.25, 0.3) is 0 Å². The molecule has 0 aliphatic carbocycles. The van der Waals surface area contributed by atoms with E-state index in [1.807, 2.05) is 0 Å². The van der Waals surface area contributed by atoms with Crippen molar-refractivity contribution in [3.63, 3.8) is 0 Å². The predicted octanol–water partition coefficient (Wildman–Crippen LogP) is 2.13. The minimum absolute atomic E-state index is 0.202. The molecule has 0 rings (SSSR count). The summed E-state index contributed by atoms with van der Waals surface area (Å²) in [6, 6.07) is 0. The smallest absolute Gasteiger partial charge is 0.303 e. The second kappa shape index (κ2) is 11.5. The number of terminal acetylenes is 1. The van der Waals surface area contributed by atoms with Gasteiger partial charge in [0.2, 0.25) is 0 Å². The van der Waals surface area contributed by atoms with Gasteiger partial charge in [0.15, 0.2) is 0 Å². The number of aliphatic hydroxyl groups excluding tert-OH is 1. The van der Waals surface area contributed by atoms with Crippen LogP contribution in [0.3, 0.4) is 0 Å². The summed E-state index contributed by atoms with van der Waals surface area (Å²) in [5, 5.41) is 17.7. The molecule has 96 valence electrons. The minimum Gasteiger partial charge on any atom is -0.481 e. The molecular formula is C15H18O3. The van der Waals surface area contributed by atoms with Crippen molar-refractivity contribution in [2.75, 3.05) is 0 Å². The summed E-state index contributed by atoms with van der Waals surface area (Å²) < 4.78 is 0. The van der Waals surface area contributed by atoms with Crippen LogP contribution in [0.1, 0.15) is 32.1 Å². The fourth-order valence-electron chi connectivity index (χ4n) is 1.11. The zero-order valence-corrected chi connectivity index (χ0v) is 10.3. The molecule has 0 aliphatic rings. The van der Waals surface area contributed by atoms with E-state index in [1.165, 1.54) is 0 Å². The molecule has 1 atom stereocenters. The Morgan fingerprint density at radius 3 is 2.78 bits per heavy atom. The molecule has 2 N–H and O–H groups in total. The highest BCUT2D eigenvalue weighted by Gasteiger charge is 1.94. The van der Waals surface area contributed by atoms with Gasteiger partial charge in [0, 0.05) is 19.3 Å². The van der Waals surface area contributed by atoms with E-state index in [1.54, 1.807) is 24.3 Å². The van der Waals surface area contributed by atoms with E-state index in [0.717, 1.165) is 6.42 Å². The Morgan fingerprint density at radius 2 is 2.11 bits per heavy atom. The number of hydrogen-bond acceptors (Lipinski definition) is 2. The maximum atomic E-state index is 10.2. The standard InChI is InChI=1S/C15H18O3/c1-2-11-14(16)12-9-7-5-3-4-6-8-10-13-15(17)18/h1,5,7,9,12,14,16H,6,8,10-11,13H2,(H,17,18)/b7-5+,12-9+/t14-/m1/s1. The number of aliphatic hydroxyl groups is 1. The Bertz CT molecular complexity index is 388. The van der Waals surface area contributed by atoms with Crippen molar-refractivity contribution >= 4 is 5.97 Å². The summed E-state index contributed by atoms with van der Waals surface area (Å²) in [6.45, 7) is 0. The first kappa shape index (κ1) is 16.0. The van der Waals surface area contributed by atoms with Crippen molar-refractivity contribution < 1.29 is 15.0 Å². The number of carbonyl (C=O) groups is 1. The van der Waals surface area contributed by atoms with Crippen LogP contribution in [0.25, 0.3) is 0 Å². The average Bonchev–Trinajstić information content (AvgIpc) is 2.31. The van der Waals surface area contributed by atoms with Crippen molar-refractivity contribution in [1.82, 2.24) is 0 Å². The molecule has 0 bridgehead atoms. The van der Waals surface area contributed by atoms with Gasteiger partial charge in [0.05, 0.1) is 6.10 Å². The molecule has 0 amide bonds. The lowest BCUT2D eigenvalue weighted by molar-refractivity contribution is -0.137. The molecule has 0 fully saturated rings. The summed E-state index contributed by atoms with van der Waals surface area (Å²) in [6.07, 6.45) is 13.8. The molecule has 0 radical (unpaired) electrons. The molecule has 0 saturated heterocycles. The zero-order chi connectivity index (χ0) is 13.6. The van der Waals surface area contributed by atoms with Crippen LogP contribution >= 0.6 is 0 Å². The van der Waals surface area contributed by atoms with Gasteiger partial charge >= 0.3 is 5.97 Å². The second-order valence-corrected chi connectivity index (χ2v) is 3.64. The maximum Gasteiger partial charge on any atom is 0.303 e. The van der Waals surface area contributed by atoms with Gasteiger partial charge in [-0.25, -0.2) is 0 Å². The number of aliphatic carboxylic acids is 1. The Balaban J connectivity index is 3.64. The van der Waals surface area contributed by atoms with Crippen LogP contribution in [0.4, 0.5) is 0 Å². The number of hydrogen-bond donors (Lipinski definition) is 2. The number of allylic oxidation sites excluding steroid dienone is 3. The third-order valence-corrected chi connectivity index (χ3v) is 2.00. The van der Waals surface area contributed by atoms with Crippen molar-refractivity contribution in [2.45, 2.75) is 38.2 Å². The van der Waals surface area contributed by atoms with Gasteiger partial charge in [-0.3, -0.25) is 4.79 Å². The second-order valence-electron chi connectivity index (χ2n) is 3.64. The summed E-state index contributed by atoms with van der Waals surface area (Å²) >= 11 is 0. The van der Waals surface area contributed by atoms with E-state index in [2.05, 4.69) is 17.8 Å². The molecule has 0 spiro atoms. The third kappa shape index (κ3) is 12.1. The number of carboxylic acid groups (broad SMARTS) is 1. The quantitative estimate of drug-likeness (QED) is 0.411. The largest absolute Gasteiger partial charge is 0.481 e. The lowest BCUT2D eigenvalue weighted by Crippen LogP contribution is -1.98. The lowest BCUT2D eigenvalue weighted by atomic mass is 10.2. The van der Waals surface area contributed by atoms with Crippen LogP contribution in [0, 0.1) is 24.2 Å². The lowest BCUT2D eigenvalue weighted by Gasteiger charge is -1.95. The number of rotatable bonds is 7. The van der Waals surface area contributed by atoms with Crippen LogP contribution in [0.2, 0.25) is 0 Å². The Kier molecular flexibility index (Phi) is 10.3. The van der Waals surface area contributed by atoms with Crippen LogP contribution in [0.5, 0.6) is 0 Å². The molecular weight excluding hydrogens is 228 g/mol. The average molecular weight is 246 g/mol. The topological polar surface area (TPSA) is 57.5 Å². The highest BCUT2D eigenvalue weighted by atomic mass is 16.4. The normalized spacial score (nSPS) is 12.0. The number of carboxylic acids is 1. The summed E-state index contributed by atoms with van der Waals surface area (Å²) in [5.74, 6) is 7.34. The fourth-order valence-corrected chi connectivity index (χ4v) is 1.11. The SMILES string of the molecule is C#CC[C@@H](O)/C=C/C=C/C#CCCCCC(=O)O. The van der Waals surface area contributed by atoms with Gasteiger partial charge in [-0.15, -0.1) is 12.3 Å². The van der Waals surface area contributed by atoms with E-state index in [9.17, 15) is 9.90 Å². The fraction of sp³-hybridized carbons (Fsp3) is 0.400. The first-order valence-corrected chi connectivity index (χ1v) is 5.82. The van der Waals surface area contributed by atoms with E-state index in [4.69, 9.17) is 11.5 Å². The van der Waals surface area contributed by atoms with E-state index < -0.39 is 12.1 Å².